The third kappa shape index (κ3) is 3.44. The molecule has 106 valence electrons. The molecule has 0 saturated heterocycles. The number of anilines is 1. The summed E-state index contributed by atoms with van der Waals surface area (Å²) in [4.78, 5) is 11.9. The summed E-state index contributed by atoms with van der Waals surface area (Å²) >= 11 is 0. The summed E-state index contributed by atoms with van der Waals surface area (Å²) in [7, 11) is 0. The number of rotatable bonds is 7. The Hall–Kier alpha value is -1.16. The lowest BCUT2D eigenvalue weighted by atomic mass is 10.2. The molecule has 4 nitrogen and oxygen atoms in total. The van der Waals surface area contributed by atoms with Crippen molar-refractivity contribution >= 4 is 5.82 Å². The highest BCUT2D eigenvalue weighted by molar-refractivity contribution is 5.48. The number of nitrogens with zero attached hydrogens (tertiary/aromatic N) is 3. The summed E-state index contributed by atoms with van der Waals surface area (Å²) in [6.07, 6.45) is 4.43. The molecule has 0 aliphatic heterocycles. The molecule has 2 rings (SSSR count). The smallest absolute Gasteiger partial charge is 0.133 e. The van der Waals surface area contributed by atoms with Crippen LogP contribution in [0.5, 0.6) is 0 Å². The topological polar surface area (TPSA) is 41.1 Å². The Bertz CT molecular complexity index is 413. The van der Waals surface area contributed by atoms with Crippen molar-refractivity contribution < 1.29 is 0 Å². The molecule has 1 heterocycles. The van der Waals surface area contributed by atoms with Gasteiger partial charge in [-0.05, 0) is 39.3 Å². The van der Waals surface area contributed by atoms with Gasteiger partial charge in [0.25, 0.3) is 0 Å². The molecule has 0 radical (unpaired) electrons. The molecule has 1 aromatic heterocycles. The molecule has 0 spiro atoms. The molecule has 0 atom stereocenters. The summed E-state index contributed by atoms with van der Waals surface area (Å²) in [6, 6.07) is 0. The number of aromatic nitrogens is 2. The Balaban J connectivity index is 2.11. The van der Waals surface area contributed by atoms with Crippen molar-refractivity contribution in [1.29, 1.82) is 0 Å². The summed E-state index contributed by atoms with van der Waals surface area (Å²) < 4.78 is 0. The van der Waals surface area contributed by atoms with E-state index in [0.717, 1.165) is 57.1 Å². The minimum absolute atomic E-state index is 0.930. The Morgan fingerprint density at radius 1 is 1.11 bits per heavy atom. The van der Waals surface area contributed by atoms with Crippen LogP contribution in [0.4, 0.5) is 5.82 Å². The van der Waals surface area contributed by atoms with Gasteiger partial charge in [0.1, 0.15) is 11.6 Å². The van der Waals surface area contributed by atoms with Crippen LogP contribution in [0.2, 0.25) is 0 Å². The van der Waals surface area contributed by atoms with Crippen LogP contribution in [0.15, 0.2) is 0 Å². The number of aryl methyl sites for hydroxylation is 1. The van der Waals surface area contributed by atoms with Gasteiger partial charge in [0, 0.05) is 30.8 Å². The number of hydrogen-bond donors (Lipinski definition) is 1. The first-order valence-corrected chi connectivity index (χ1v) is 7.63. The maximum absolute atomic E-state index is 4.76. The van der Waals surface area contributed by atoms with Gasteiger partial charge < -0.3 is 10.2 Å². The Labute approximate surface area is 116 Å². The standard InChI is InChI=1S/C15H26N4/c1-4-16-15-12-8-7-9-13(12)17-14(18-15)10-11-19(5-2)6-3/h4-11H2,1-3H3,(H,16,17,18). The van der Waals surface area contributed by atoms with Crippen molar-refractivity contribution in [2.24, 2.45) is 0 Å². The number of fused-ring (bicyclic) bond motifs is 1. The molecule has 19 heavy (non-hydrogen) atoms. The van der Waals surface area contributed by atoms with E-state index >= 15 is 0 Å². The maximum Gasteiger partial charge on any atom is 0.133 e. The van der Waals surface area contributed by atoms with Crippen LogP contribution >= 0.6 is 0 Å². The van der Waals surface area contributed by atoms with Gasteiger partial charge in [-0.25, -0.2) is 9.97 Å². The first kappa shape index (κ1) is 14.3. The van der Waals surface area contributed by atoms with Crippen molar-refractivity contribution in [1.82, 2.24) is 14.9 Å². The summed E-state index contributed by atoms with van der Waals surface area (Å²) in [5.41, 5.74) is 2.63. The van der Waals surface area contributed by atoms with Crippen molar-refractivity contribution in [3.8, 4) is 0 Å². The van der Waals surface area contributed by atoms with Crippen LogP contribution in [0, 0.1) is 0 Å². The largest absolute Gasteiger partial charge is 0.370 e. The normalized spacial score (nSPS) is 13.9. The number of nitrogens with one attached hydrogen (secondary N) is 1. The first-order chi connectivity index (χ1) is 9.28. The van der Waals surface area contributed by atoms with E-state index in [0.29, 0.717) is 0 Å². The zero-order valence-electron chi connectivity index (χ0n) is 12.5. The van der Waals surface area contributed by atoms with Gasteiger partial charge in [0.05, 0.1) is 0 Å². The SMILES string of the molecule is CCNc1nc(CCN(CC)CC)nc2c1CCC2. The lowest BCUT2D eigenvalue weighted by molar-refractivity contribution is 0.305. The highest BCUT2D eigenvalue weighted by atomic mass is 15.1. The van der Waals surface area contributed by atoms with Crippen LogP contribution in [0.3, 0.4) is 0 Å². The van der Waals surface area contributed by atoms with E-state index < -0.39 is 0 Å². The summed E-state index contributed by atoms with van der Waals surface area (Å²) in [5, 5.41) is 3.40. The zero-order chi connectivity index (χ0) is 13.7. The van der Waals surface area contributed by atoms with Crippen molar-refractivity contribution in [3.63, 3.8) is 0 Å². The van der Waals surface area contributed by atoms with Crippen molar-refractivity contribution in [2.75, 3.05) is 31.5 Å². The molecule has 0 fully saturated rings. The van der Waals surface area contributed by atoms with Crippen LogP contribution in [0.25, 0.3) is 0 Å². The van der Waals surface area contributed by atoms with Crippen molar-refractivity contribution in [3.05, 3.63) is 17.1 Å². The van der Waals surface area contributed by atoms with Crippen LogP contribution < -0.4 is 5.32 Å². The molecule has 0 aromatic carbocycles. The predicted molar refractivity (Wildman–Crippen MR) is 79.7 cm³/mol. The summed E-state index contributed by atoms with van der Waals surface area (Å²) in [5.74, 6) is 2.09. The fourth-order valence-electron chi connectivity index (χ4n) is 2.71. The van der Waals surface area contributed by atoms with E-state index in [1.165, 1.54) is 17.7 Å². The van der Waals surface area contributed by atoms with Gasteiger partial charge in [-0.1, -0.05) is 13.8 Å². The molecule has 4 heteroatoms. The fourth-order valence-corrected chi connectivity index (χ4v) is 2.71. The minimum Gasteiger partial charge on any atom is -0.370 e. The zero-order valence-corrected chi connectivity index (χ0v) is 12.5. The number of hydrogen-bond acceptors (Lipinski definition) is 4. The summed E-state index contributed by atoms with van der Waals surface area (Å²) in [6.45, 7) is 10.7. The van der Waals surface area contributed by atoms with Gasteiger partial charge in [-0.3, -0.25) is 0 Å². The molecule has 1 aliphatic carbocycles. The lowest BCUT2D eigenvalue weighted by Crippen LogP contribution is -2.26. The predicted octanol–water partition coefficient (Wildman–Crippen LogP) is 2.28. The highest BCUT2D eigenvalue weighted by Crippen LogP contribution is 2.26. The lowest BCUT2D eigenvalue weighted by Gasteiger charge is -2.18. The average molecular weight is 262 g/mol. The van der Waals surface area contributed by atoms with E-state index in [-0.39, 0.29) is 0 Å². The first-order valence-electron chi connectivity index (χ1n) is 7.63. The molecular formula is C15H26N4. The van der Waals surface area contributed by atoms with Crippen LogP contribution in [-0.4, -0.2) is 41.0 Å². The van der Waals surface area contributed by atoms with Crippen LogP contribution in [0.1, 0.15) is 44.3 Å². The fraction of sp³-hybridized carbons (Fsp3) is 0.733. The van der Waals surface area contributed by atoms with Gasteiger partial charge in [0.2, 0.25) is 0 Å². The highest BCUT2D eigenvalue weighted by Gasteiger charge is 2.18. The van der Waals surface area contributed by atoms with E-state index in [1.807, 2.05) is 0 Å². The van der Waals surface area contributed by atoms with E-state index in [2.05, 4.69) is 31.0 Å². The molecule has 1 aromatic rings. The minimum atomic E-state index is 0.930. The van der Waals surface area contributed by atoms with E-state index in [9.17, 15) is 0 Å². The molecule has 1 N–H and O–H groups in total. The third-order valence-electron chi connectivity index (χ3n) is 3.87. The Kier molecular flexibility index (Phi) is 5.14. The van der Waals surface area contributed by atoms with Crippen molar-refractivity contribution in [2.45, 2.75) is 46.5 Å². The van der Waals surface area contributed by atoms with Gasteiger partial charge in [-0.15, -0.1) is 0 Å². The molecule has 0 unspecified atom stereocenters. The Morgan fingerprint density at radius 3 is 2.58 bits per heavy atom. The molecular weight excluding hydrogens is 236 g/mol. The van der Waals surface area contributed by atoms with E-state index in [1.54, 1.807) is 0 Å². The second kappa shape index (κ2) is 6.85. The van der Waals surface area contributed by atoms with Gasteiger partial charge in [-0.2, -0.15) is 0 Å². The van der Waals surface area contributed by atoms with Gasteiger partial charge >= 0.3 is 0 Å². The second-order valence-corrected chi connectivity index (χ2v) is 5.07. The van der Waals surface area contributed by atoms with E-state index in [4.69, 9.17) is 9.97 Å². The maximum atomic E-state index is 4.76. The Morgan fingerprint density at radius 2 is 1.89 bits per heavy atom. The quantitative estimate of drug-likeness (QED) is 0.818. The molecule has 1 aliphatic rings. The average Bonchev–Trinajstić information content (AvgIpc) is 2.89. The van der Waals surface area contributed by atoms with Crippen LogP contribution in [-0.2, 0) is 19.3 Å². The second-order valence-electron chi connectivity index (χ2n) is 5.07. The van der Waals surface area contributed by atoms with Gasteiger partial charge in [0.15, 0.2) is 0 Å². The monoisotopic (exact) mass is 262 g/mol. The molecule has 0 bridgehead atoms. The number of likely N-dealkylation sites (N-methyl/N-ethyl adjacent to an activating group) is 1. The molecule has 0 amide bonds. The molecule has 0 saturated carbocycles. The third-order valence-corrected chi connectivity index (χ3v) is 3.87.